The van der Waals surface area contributed by atoms with Crippen LogP contribution in [0.15, 0.2) is 18.2 Å². The molecule has 6 nitrogen and oxygen atoms in total. The predicted molar refractivity (Wildman–Crippen MR) is 69.5 cm³/mol. The highest BCUT2D eigenvalue weighted by Crippen LogP contribution is 2.36. The number of nitrogens with one attached hydrogen (secondary N) is 1. The smallest absolute Gasteiger partial charge is 0.134 e. The van der Waals surface area contributed by atoms with Gasteiger partial charge < -0.3 is 21.1 Å². The number of hydrogen-bond acceptors (Lipinski definition) is 6. The van der Waals surface area contributed by atoms with Gasteiger partial charge in [-0.05, 0) is 30.5 Å². The molecule has 104 valence electrons. The van der Waals surface area contributed by atoms with Crippen LogP contribution < -0.4 is 11.1 Å². The van der Waals surface area contributed by atoms with Crippen molar-refractivity contribution >= 4 is 5.69 Å². The molecule has 2 aliphatic heterocycles. The summed E-state index contributed by atoms with van der Waals surface area (Å²) in [6.07, 6.45) is -1.08. The minimum absolute atomic E-state index is 0.216. The van der Waals surface area contributed by atoms with Gasteiger partial charge in [0.05, 0.1) is 6.04 Å². The van der Waals surface area contributed by atoms with E-state index < -0.39 is 18.7 Å². The number of fused-ring (bicyclic) bond motifs is 1. The maximum atomic E-state index is 10.4. The summed E-state index contributed by atoms with van der Waals surface area (Å²) in [6.45, 7) is 0.580. The van der Waals surface area contributed by atoms with E-state index in [0.29, 0.717) is 25.1 Å². The lowest BCUT2D eigenvalue weighted by Gasteiger charge is -2.39. The molecule has 1 aromatic carbocycles. The molecular formula is C13H19N3O3. The Kier molecular flexibility index (Phi) is 3.20. The van der Waals surface area contributed by atoms with Crippen molar-refractivity contribution in [2.45, 2.75) is 44.1 Å². The van der Waals surface area contributed by atoms with Gasteiger partial charge in [-0.2, -0.15) is 0 Å². The Morgan fingerprint density at radius 3 is 2.74 bits per heavy atom. The van der Waals surface area contributed by atoms with Gasteiger partial charge in [-0.15, -0.1) is 0 Å². The molecule has 0 aliphatic carbocycles. The fourth-order valence-corrected chi connectivity index (χ4v) is 2.98. The number of aliphatic hydroxyl groups is 3. The second-order valence-corrected chi connectivity index (χ2v) is 5.28. The normalized spacial score (nSPS) is 35.3. The molecule has 3 rings (SSSR count). The molecule has 2 aliphatic rings. The van der Waals surface area contributed by atoms with E-state index in [1.807, 2.05) is 17.0 Å². The summed E-state index contributed by atoms with van der Waals surface area (Å²) in [7, 11) is 0. The van der Waals surface area contributed by atoms with Crippen LogP contribution in [0.25, 0.3) is 0 Å². The van der Waals surface area contributed by atoms with Crippen molar-refractivity contribution in [2.24, 2.45) is 0 Å². The van der Waals surface area contributed by atoms with E-state index in [2.05, 4.69) is 5.32 Å². The SMILES string of the molecule is Nc1ccc2c(c1)C(O)N(C1CCC(O)NC1O)C2. The third kappa shape index (κ3) is 2.22. The van der Waals surface area contributed by atoms with Crippen molar-refractivity contribution in [3.05, 3.63) is 29.3 Å². The molecule has 1 saturated heterocycles. The second-order valence-electron chi connectivity index (χ2n) is 5.28. The Morgan fingerprint density at radius 2 is 2.00 bits per heavy atom. The predicted octanol–water partition coefficient (Wildman–Crippen LogP) is -0.536. The lowest BCUT2D eigenvalue weighted by atomic mass is 10.0. The van der Waals surface area contributed by atoms with Gasteiger partial charge in [-0.3, -0.25) is 10.2 Å². The molecule has 0 aromatic heterocycles. The zero-order chi connectivity index (χ0) is 13.6. The molecular weight excluding hydrogens is 246 g/mol. The fourth-order valence-electron chi connectivity index (χ4n) is 2.98. The number of rotatable bonds is 1. The molecule has 6 N–H and O–H groups in total. The zero-order valence-electron chi connectivity index (χ0n) is 10.5. The largest absolute Gasteiger partial charge is 0.399 e. The van der Waals surface area contributed by atoms with Crippen LogP contribution in [0.1, 0.15) is 30.2 Å². The first-order valence-electron chi connectivity index (χ1n) is 6.50. The van der Waals surface area contributed by atoms with E-state index in [4.69, 9.17) is 5.73 Å². The minimum Gasteiger partial charge on any atom is -0.399 e. The number of aliphatic hydroxyl groups excluding tert-OH is 3. The number of hydrogen-bond donors (Lipinski definition) is 5. The van der Waals surface area contributed by atoms with Gasteiger partial charge in [0.25, 0.3) is 0 Å². The zero-order valence-corrected chi connectivity index (χ0v) is 10.5. The van der Waals surface area contributed by atoms with E-state index in [1.165, 1.54) is 0 Å². The van der Waals surface area contributed by atoms with Crippen LogP contribution in [0.2, 0.25) is 0 Å². The van der Waals surface area contributed by atoms with Gasteiger partial charge in [-0.1, -0.05) is 6.07 Å². The molecule has 0 amide bonds. The number of piperidine rings is 1. The topological polar surface area (TPSA) is 102 Å². The number of nitrogens with zero attached hydrogens (tertiary/aromatic N) is 1. The van der Waals surface area contributed by atoms with Crippen molar-refractivity contribution in [3.8, 4) is 0 Å². The van der Waals surface area contributed by atoms with Gasteiger partial charge in [0.2, 0.25) is 0 Å². The molecule has 2 heterocycles. The number of nitrogen functional groups attached to an aromatic ring is 1. The highest BCUT2D eigenvalue weighted by Gasteiger charge is 2.39. The minimum atomic E-state index is -0.843. The molecule has 6 heteroatoms. The maximum Gasteiger partial charge on any atom is 0.134 e. The molecule has 0 saturated carbocycles. The summed E-state index contributed by atoms with van der Waals surface area (Å²) in [4.78, 5) is 1.84. The Morgan fingerprint density at radius 1 is 1.21 bits per heavy atom. The summed E-state index contributed by atoms with van der Waals surface area (Å²) >= 11 is 0. The third-order valence-corrected chi connectivity index (χ3v) is 4.00. The second kappa shape index (κ2) is 4.73. The highest BCUT2D eigenvalue weighted by atomic mass is 16.3. The van der Waals surface area contributed by atoms with E-state index in [-0.39, 0.29) is 6.04 Å². The molecule has 19 heavy (non-hydrogen) atoms. The third-order valence-electron chi connectivity index (χ3n) is 4.00. The van der Waals surface area contributed by atoms with Crippen LogP contribution in [-0.2, 0) is 6.54 Å². The van der Waals surface area contributed by atoms with Gasteiger partial charge in [0.15, 0.2) is 0 Å². The van der Waals surface area contributed by atoms with E-state index >= 15 is 0 Å². The molecule has 0 radical (unpaired) electrons. The highest BCUT2D eigenvalue weighted by molar-refractivity contribution is 5.47. The quantitative estimate of drug-likeness (QED) is 0.437. The van der Waals surface area contributed by atoms with Gasteiger partial charge in [0, 0.05) is 17.8 Å². The maximum absolute atomic E-state index is 10.4. The van der Waals surface area contributed by atoms with Crippen LogP contribution in [0.4, 0.5) is 5.69 Å². The first kappa shape index (κ1) is 12.8. The number of nitrogens with two attached hydrogens (primary N) is 1. The average molecular weight is 265 g/mol. The fraction of sp³-hybridized carbons (Fsp3) is 0.538. The summed E-state index contributed by atoms with van der Waals surface area (Å²) in [6, 6.07) is 5.28. The monoisotopic (exact) mass is 265 g/mol. The molecule has 1 aromatic rings. The van der Waals surface area contributed by atoms with Gasteiger partial charge >= 0.3 is 0 Å². The first-order chi connectivity index (χ1) is 9.06. The summed E-state index contributed by atoms with van der Waals surface area (Å²) in [5.74, 6) is 0. The summed E-state index contributed by atoms with van der Waals surface area (Å²) in [5, 5.41) is 32.5. The lowest BCUT2D eigenvalue weighted by Crippen LogP contribution is -2.56. The van der Waals surface area contributed by atoms with Crippen LogP contribution in [0.3, 0.4) is 0 Å². The van der Waals surface area contributed by atoms with Crippen molar-refractivity contribution in [2.75, 3.05) is 5.73 Å². The van der Waals surface area contributed by atoms with Crippen LogP contribution in [0.5, 0.6) is 0 Å². The van der Waals surface area contributed by atoms with Crippen molar-refractivity contribution < 1.29 is 15.3 Å². The Bertz CT molecular complexity index is 482. The lowest BCUT2D eigenvalue weighted by molar-refractivity contribution is -0.104. The van der Waals surface area contributed by atoms with E-state index in [0.717, 1.165) is 11.1 Å². The van der Waals surface area contributed by atoms with Crippen LogP contribution in [0, 0.1) is 0 Å². The van der Waals surface area contributed by atoms with Crippen molar-refractivity contribution in [1.29, 1.82) is 0 Å². The van der Waals surface area contributed by atoms with E-state index in [9.17, 15) is 15.3 Å². The van der Waals surface area contributed by atoms with Gasteiger partial charge in [0.1, 0.15) is 18.7 Å². The van der Waals surface area contributed by atoms with Crippen molar-refractivity contribution in [3.63, 3.8) is 0 Å². The molecule has 4 atom stereocenters. The number of anilines is 1. The molecule has 0 spiro atoms. The average Bonchev–Trinajstić information content (AvgIpc) is 2.67. The Labute approximate surface area is 111 Å². The standard InChI is InChI=1S/C13H19N3O3/c14-8-2-1-7-6-16(13(19)9(7)5-8)10-3-4-11(17)15-12(10)18/h1-2,5,10-13,15,17-19H,3-4,6,14H2. The Hall–Kier alpha value is -1.18. The summed E-state index contributed by atoms with van der Waals surface area (Å²) in [5.41, 5.74) is 8.19. The van der Waals surface area contributed by atoms with Gasteiger partial charge in [-0.25, -0.2) is 0 Å². The summed E-state index contributed by atoms with van der Waals surface area (Å²) < 4.78 is 0. The van der Waals surface area contributed by atoms with E-state index in [1.54, 1.807) is 6.07 Å². The molecule has 4 unspecified atom stereocenters. The number of benzene rings is 1. The Balaban J connectivity index is 1.81. The van der Waals surface area contributed by atoms with Crippen LogP contribution in [-0.4, -0.2) is 38.7 Å². The molecule has 0 bridgehead atoms. The molecule has 1 fully saturated rings. The first-order valence-corrected chi connectivity index (χ1v) is 6.50. The van der Waals surface area contributed by atoms with Crippen molar-refractivity contribution in [1.82, 2.24) is 10.2 Å². The van der Waals surface area contributed by atoms with Crippen LogP contribution >= 0.6 is 0 Å².